The molecule has 2 aromatic rings. The normalized spacial score (nSPS) is 21.4. The Morgan fingerprint density at radius 1 is 1.17 bits per heavy atom. The standard InChI is InChI=1S/C17H15BrN2O3/c18-14-8-4-7-13(9-14)16-19(10-15(11-21)20(16)23)17(22)12-5-2-1-3-6-12/h1-9,11,15-16,23H,10H2. The highest BCUT2D eigenvalue weighted by Crippen LogP contribution is 2.33. The van der Waals surface area contributed by atoms with Gasteiger partial charge < -0.3 is 14.9 Å². The third kappa shape index (κ3) is 3.06. The van der Waals surface area contributed by atoms with Crippen LogP contribution in [-0.4, -0.2) is 40.0 Å². The average Bonchev–Trinajstić information content (AvgIpc) is 2.91. The van der Waals surface area contributed by atoms with Crippen molar-refractivity contribution < 1.29 is 14.8 Å². The lowest BCUT2D eigenvalue weighted by molar-refractivity contribution is -0.154. The first kappa shape index (κ1) is 15.9. The molecule has 3 rings (SSSR count). The number of hydrogen-bond acceptors (Lipinski definition) is 4. The van der Waals surface area contributed by atoms with Crippen molar-refractivity contribution >= 4 is 28.1 Å². The largest absolute Gasteiger partial charge is 0.315 e. The molecule has 2 aromatic carbocycles. The van der Waals surface area contributed by atoms with Crippen molar-refractivity contribution in [1.82, 2.24) is 9.96 Å². The summed E-state index contributed by atoms with van der Waals surface area (Å²) in [5, 5.41) is 11.3. The maximum atomic E-state index is 12.8. The second-order valence-electron chi connectivity index (χ2n) is 5.34. The van der Waals surface area contributed by atoms with Crippen LogP contribution in [0.15, 0.2) is 59.1 Å². The molecule has 6 heteroatoms. The van der Waals surface area contributed by atoms with Gasteiger partial charge in [-0.1, -0.05) is 46.3 Å². The monoisotopic (exact) mass is 374 g/mol. The average molecular weight is 375 g/mol. The van der Waals surface area contributed by atoms with E-state index in [4.69, 9.17) is 0 Å². The van der Waals surface area contributed by atoms with Gasteiger partial charge >= 0.3 is 0 Å². The third-order valence-electron chi connectivity index (χ3n) is 3.85. The molecule has 1 fully saturated rings. The van der Waals surface area contributed by atoms with Gasteiger partial charge in [-0.2, -0.15) is 5.06 Å². The number of hydrogen-bond donors (Lipinski definition) is 1. The van der Waals surface area contributed by atoms with E-state index < -0.39 is 12.2 Å². The lowest BCUT2D eigenvalue weighted by Gasteiger charge is -2.27. The Morgan fingerprint density at radius 3 is 2.57 bits per heavy atom. The van der Waals surface area contributed by atoms with Gasteiger partial charge in [0.15, 0.2) is 0 Å². The molecular formula is C17H15BrN2O3. The minimum absolute atomic E-state index is 0.144. The lowest BCUT2D eigenvalue weighted by Crippen LogP contribution is -2.34. The van der Waals surface area contributed by atoms with E-state index in [1.807, 2.05) is 30.3 Å². The molecule has 0 saturated carbocycles. The summed E-state index contributed by atoms with van der Waals surface area (Å²) in [6.45, 7) is 0.144. The fourth-order valence-corrected chi connectivity index (χ4v) is 3.17. The summed E-state index contributed by atoms with van der Waals surface area (Å²) >= 11 is 3.39. The first-order chi connectivity index (χ1) is 11.1. The Hall–Kier alpha value is -2.02. The van der Waals surface area contributed by atoms with E-state index in [1.54, 1.807) is 24.3 Å². The molecule has 1 aliphatic rings. The first-order valence-corrected chi connectivity index (χ1v) is 7.95. The molecule has 0 aliphatic carbocycles. The van der Waals surface area contributed by atoms with Gasteiger partial charge in [-0.3, -0.25) is 4.79 Å². The maximum Gasteiger partial charge on any atom is 0.255 e. The number of carbonyl (C=O) groups is 2. The number of benzene rings is 2. The van der Waals surface area contributed by atoms with Crippen molar-refractivity contribution in [2.75, 3.05) is 6.54 Å². The van der Waals surface area contributed by atoms with Gasteiger partial charge in [0.05, 0.1) is 0 Å². The zero-order valence-corrected chi connectivity index (χ0v) is 13.8. The second-order valence-corrected chi connectivity index (χ2v) is 6.25. The second kappa shape index (κ2) is 6.62. The van der Waals surface area contributed by atoms with E-state index in [0.29, 0.717) is 11.8 Å². The van der Waals surface area contributed by atoms with Gasteiger partial charge in [0.2, 0.25) is 0 Å². The zero-order chi connectivity index (χ0) is 16.4. The molecule has 1 N–H and O–H groups in total. The minimum atomic E-state index is -0.744. The van der Waals surface area contributed by atoms with Gasteiger partial charge in [-0.25, -0.2) is 0 Å². The number of rotatable bonds is 3. The molecule has 1 heterocycles. The molecule has 1 amide bonds. The van der Waals surface area contributed by atoms with Crippen molar-refractivity contribution in [2.24, 2.45) is 0 Å². The quantitative estimate of drug-likeness (QED) is 0.839. The Kier molecular flexibility index (Phi) is 4.56. The summed E-state index contributed by atoms with van der Waals surface area (Å²) in [6.07, 6.45) is -0.0427. The van der Waals surface area contributed by atoms with Crippen LogP contribution >= 0.6 is 15.9 Å². The molecule has 2 unspecified atom stereocenters. The van der Waals surface area contributed by atoms with Crippen LogP contribution in [0.3, 0.4) is 0 Å². The van der Waals surface area contributed by atoms with Crippen molar-refractivity contribution in [1.29, 1.82) is 0 Å². The van der Waals surface area contributed by atoms with Crippen LogP contribution < -0.4 is 0 Å². The van der Waals surface area contributed by atoms with E-state index in [1.165, 1.54) is 4.90 Å². The Morgan fingerprint density at radius 2 is 1.91 bits per heavy atom. The number of aldehydes is 1. The third-order valence-corrected chi connectivity index (χ3v) is 4.35. The highest BCUT2D eigenvalue weighted by Gasteiger charge is 2.42. The number of hydroxylamine groups is 2. The zero-order valence-electron chi connectivity index (χ0n) is 12.2. The van der Waals surface area contributed by atoms with Crippen LogP contribution in [-0.2, 0) is 4.79 Å². The molecule has 23 heavy (non-hydrogen) atoms. The van der Waals surface area contributed by atoms with E-state index in [9.17, 15) is 14.8 Å². The minimum Gasteiger partial charge on any atom is -0.315 e. The fraction of sp³-hybridized carbons (Fsp3) is 0.176. The van der Waals surface area contributed by atoms with E-state index in [0.717, 1.165) is 15.1 Å². The van der Waals surface area contributed by atoms with Crippen LogP contribution in [0.5, 0.6) is 0 Å². The molecule has 1 aliphatic heterocycles. The topological polar surface area (TPSA) is 60.9 Å². The Labute approximate surface area is 142 Å². The molecule has 118 valence electrons. The predicted octanol–water partition coefficient (Wildman–Crippen LogP) is 2.86. The van der Waals surface area contributed by atoms with Gasteiger partial charge in [0, 0.05) is 16.6 Å². The van der Waals surface area contributed by atoms with E-state index in [-0.39, 0.29) is 12.5 Å². The molecule has 5 nitrogen and oxygen atoms in total. The van der Waals surface area contributed by atoms with Crippen LogP contribution in [0, 0.1) is 0 Å². The highest BCUT2D eigenvalue weighted by atomic mass is 79.9. The molecule has 0 bridgehead atoms. The van der Waals surface area contributed by atoms with Crippen LogP contribution in [0.25, 0.3) is 0 Å². The van der Waals surface area contributed by atoms with Gasteiger partial charge in [-0.05, 0) is 29.8 Å². The predicted molar refractivity (Wildman–Crippen MR) is 87.8 cm³/mol. The number of amides is 1. The summed E-state index contributed by atoms with van der Waals surface area (Å²) in [4.78, 5) is 25.5. The molecule has 0 spiro atoms. The van der Waals surface area contributed by atoms with Gasteiger partial charge in [-0.15, -0.1) is 0 Å². The maximum absolute atomic E-state index is 12.8. The van der Waals surface area contributed by atoms with E-state index in [2.05, 4.69) is 15.9 Å². The molecule has 0 aromatic heterocycles. The van der Waals surface area contributed by atoms with Crippen LogP contribution in [0.1, 0.15) is 22.1 Å². The van der Waals surface area contributed by atoms with Gasteiger partial charge in [0.1, 0.15) is 18.5 Å². The smallest absolute Gasteiger partial charge is 0.255 e. The van der Waals surface area contributed by atoms with Crippen molar-refractivity contribution in [3.05, 3.63) is 70.2 Å². The van der Waals surface area contributed by atoms with Crippen molar-refractivity contribution in [2.45, 2.75) is 12.2 Å². The number of carbonyl (C=O) groups excluding carboxylic acids is 2. The molecule has 2 atom stereocenters. The van der Waals surface area contributed by atoms with Gasteiger partial charge in [0.25, 0.3) is 5.91 Å². The first-order valence-electron chi connectivity index (χ1n) is 7.16. The SMILES string of the molecule is O=CC1CN(C(=O)c2ccccc2)C(c2cccc(Br)c2)N1O. The van der Waals surface area contributed by atoms with E-state index >= 15 is 0 Å². The molecule has 0 radical (unpaired) electrons. The van der Waals surface area contributed by atoms with Crippen molar-refractivity contribution in [3.8, 4) is 0 Å². The summed E-state index contributed by atoms with van der Waals surface area (Å²) in [5.74, 6) is -0.223. The fourth-order valence-electron chi connectivity index (χ4n) is 2.75. The lowest BCUT2D eigenvalue weighted by atomic mass is 10.1. The Balaban J connectivity index is 1.99. The summed E-state index contributed by atoms with van der Waals surface area (Å²) in [5.41, 5.74) is 1.25. The summed E-state index contributed by atoms with van der Waals surface area (Å²) in [7, 11) is 0. The molecular weight excluding hydrogens is 360 g/mol. The van der Waals surface area contributed by atoms with Crippen molar-refractivity contribution in [3.63, 3.8) is 0 Å². The van der Waals surface area contributed by atoms with Crippen LogP contribution in [0.4, 0.5) is 0 Å². The summed E-state index contributed by atoms with van der Waals surface area (Å²) in [6, 6.07) is 15.4. The number of halogens is 1. The summed E-state index contributed by atoms with van der Waals surface area (Å²) < 4.78 is 0.838. The number of nitrogens with zero attached hydrogens (tertiary/aromatic N) is 2. The Bertz CT molecular complexity index is 723. The molecule has 1 saturated heterocycles. The van der Waals surface area contributed by atoms with Crippen LogP contribution in [0.2, 0.25) is 0 Å². The highest BCUT2D eigenvalue weighted by molar-refractivity contribution is 9.10.